The molecule has 0 atom stereocenters. The number of carbonyl (C=O) groups is 2. The van der Waals surface area contributed by atoms with E-state index in [1.165, 1.54) is 11.6 Å². The number of phenolic OH excluding ortho intramolecular Hbond substituents is 2. The van der Waals surface area contributed by atoms with Gasteiger partial charge in [0.25, 0.3) is 11.1 Å². The van der Waals surface area contributed by atoms with Crippen LogP contribution in [-0.4, -0.2) is 26.3 Å². The average molecular weight is 355 g/mol. The highest BCUT2D eigenvalue weighted by atomic mass is 32.2. The highest BCUT2D eigenvalue weighted by Gasteiger charge is 2.35. The molecule has 6 heteroatoms. The first-order valence-corrected chi connectivity index (χ1v) is 8.65. The van der Waals surface area contributed by atoms with Crippen molar-refractivity contribution in [1.29, 1.82) is 0 Å². The summed E-state index contributed by atoms with van der Waals surface area (Å²) in [5.74, 6) is -1.01. The number of rotatable bonds is 4. The number of imide groups is 1. The lowest BCUT2D eigenvalue weighted by atomic mass is 10.1. The Bertz CT molecular complexity index is 858. The smallest absolute Gasteiger partial charge is 0.293 e. The molecule has 0 aliphatic carbocycles. The molecule has 0 radical (unpaired) electrons. The lowest BCUT2D eigenvalue weighted by Crippen LogP contribution is -2.27. The van der Waals surface area contributed by atoms with Gasteiger partial charge in [-0.3, -0.25) is 14.5 Å². The number of thioether (sulfide) groups is 1. The normalized spacial score (nSPS) is 16.0. The van der Waals surface area contributed by atoms with Crippen LogP contribution in [-0.2, 0) is 17.8 Å². The van der Waals surface area contributed by atoms with Crippen LogP contribution in [0.25, 0.3) is 6.08 Å². The number of aromatic hydroxyl groups is 2. The van der Waals surface area contributed by atoms with Crippen LogP contribution < -0.4 is 0 Å². The van der Waals surface area contributed by atoms with Gasteiger partial charge in [-0.1, -0.05) is 43.3 Å². The molecule has 0 saturated carbocycles. The topological polar surface area (TPSA) is 77.8 Å². The minimum atomic E-state index is -0.405. The maximum atomic E-state index is 12.5. The van der Waals surface area contributed by atoms with Gasteiger partial charge in [0.05, 0.1) is 11.4 Å². The fraction of sp³-hybridized carbons (Fsp3) is 0.158. The minimum Gasteiger partial charge on any atom is -0.504 e. The van der Waals surface area contributed by atoms with Gasteiger partial charge in [0.2, 0.25) is 0 Å². The van der Waals surface area contributed by atoms with E-state index >= 15 is 0 Å². The predicted molar refractivity (Wildman–Crippen MR) is 97.1 cm³/mol. The van der Waals surface area contributed by atoms with Gasteiger partial charge in [-0.15, -0.1) is 0 Å². The van der Waals surface area contributed by atoms with E-state index in [0.717, 1.165) is 28.6 Å². The molecule has 1 fully saturated rings. The van der Waals surface area contributed by atoms with Gasteiger partial charge in [-0.25, -0.2) is 0 Å². The number of para-hydroxylation sites is 1. The Balaban J connectivity index is 1.82. The van der Waals surface area contributed by atoms with E-state index in [1.54, 1.807) is 18.2 Å². The molecule has 2 N–H and O–H groups in total. The molecule has 1 saturated heterocycles. The summed E-state index contributed by atoms with van der Waals surface area (Å²) in [6.07, 6.45) is 2.62. The maximum absolute atomic E-state index is 12.5. The molecule has 1 aliphatic rings. The second-order valence-corrected chi connectivity index (χ2v) is 6.64. The molecular weight excluding hydrogens is 338 g/mol. The summed E-state index contributed by atoms with van der Waals surface area (Å²) in [4.78, 5) is 26.1. The third kappa shape index (κ3) is 3.53. The number of amides is 2. The molecule has 0 bridgehead atoms. The van der Waals surface area contributed by atoms with Crippen molar-refractivity contribution in [2.45, 2.75) is 19.9 Å². The van der Waals surface area contributed by atoms with Crippen LogP contribution >= 0.6 is 11.8 Å². The van der Waals surface area contributed by atoms with Gasteiger partial charge in [0.15, 0.2) is 11.5 Å². The number of nitrogens with zero attached hydrogens (tertiary/aromatic N) is 1. The summed E-state index contributed by atoms with van der Waals surface area (Å²) >= 11 is 0.870. The van der Waals surface area contributed by atoms with Crippen molar-refractivity contribution in [1.82, 2.24) is 4.90 Å². The van der Waals surface area contributed by atoms with Crippen LogP contribution in [0.15, 0.2) is 47.4 Å². The van der Waals surface area contributed by atoms with Crippen LogP contribution in [0.3, 0.4) is 0 Å². The molecule has 5 nitrogen and oxygen atoms in total. The summed E-state index contributed by atoms with van der Waals surface area (Å²) in [5, 5.41) is 19.0. The van der Waals surface area contributed by atoms with E-state index in [0.29, 0.717) is 10.5 Å². The molecule has 1 aliphatic heterocycles. The first kappa shape index (κ1) is 17.1. The second kappa shape index (κ2) is 7.03. The van der Waals surface area contributed by atoms with Gasteiger partial charge < -0.3 is 10.2 Å². The predicted octanol–water partition coefficient (Wildman–Crippen LogP) is 3.90. The van der Waals surface area contributed by atoms with E-state index in [2.05, 4.69) is 6.92 Å². The zero-order chi connectivity index (χ0) is 18.0. The Kier molecular flexibility index (Phi) is 4.81. The number of phenols is 2. The number of aryl methyl sites for hydroxylation is 1. The number of carbonyl (C=O) groups excluding carboxylic acids is 2. The van der Waals surface area contributed by atoms with Crippen LogP contribution in [0.5, 0.6) is 11.5 Å². The summed E-state index contributed by atoms with van der Waals surface area (Å²) < 4.78 is 0. The third-order valence-corrected chi connectivity index (χ3v) is 4.89. The zero-order valence-electron chi connectivity index (χ0n) is 13.6. The zero-order valence-corrected chi connectivity index (χ0v) is 14.4. The second-order valence-electron chi connectivity index (χ2n) is 5.65. The highest BCUT2D eigenvalue weighted by Crippen LogP contribution is 2.36. The number of benzene rings is 2. The number of hydrogen-bond acceptors (Lipinski definition) is 5. The molecule has 0 aromatic heterocycles. The minimum absolute atomic E-state index is 0.0863. The van der Waals surface area contributed by atoms with Crippen LogP contribution in [0.4, 0.5) is 4.79 Å². The average Bonchev–Trinajstić information content (AvgIpc) is 2.87. The van der Waals surface area contributed by atoms with E-state index in [9.17, 15) is 19.8 Å². The molecule has 0 spiro atoms. The highest BCUT2D eigenvalue weighted by molar-refractivity contribution is 8.18. The van der Waals surface area contributed by atoms with Crippen LogP contribution in [0.2, 0.25) is 0 Å². The Morgan fingerprint density at radius 3 is 2.48 bits per heavy atom. The van der Waals surface area contributed by atoms with E-state index in [1.807, 2.05) is 24.3 Å². The molecule has 2 aromatic carbocycles. The lowest BCUT2D eigenvalue weighted by Gasteiger charge is -2.13. The van der Waals surface area contributed by atoms with Crippen molar-refractivity contribution in [3.63, 3.8) is 0 Å². The Morgan fingerprint density at radius 2 is 1.80 bits per heavy atom. The molecule has 2 amide bonds. The van der Waals surface area contributed by atoms with Gasteiger partial charge in [-0.05, 0) is 41.5 Å². The van der Waals surface area contributed by atoms with Gasteiger partial charge in [-0.2, -0.15) is 0 Å². The van der Waals surface area contributed by atoms with E-state index in [-0.39, 0.29) is 18.0 Å². The fourth-order valence-corrected chi connectivity index (χ4v) is 3.35. The van der Waals surface area contributed by atoms with Gasteiger partial charge in [0, 0.05) is 5.56 Å². The maximum Gasteiger partial charge on any atom is 0.293 e. The van der Waals surface area contributed by atoms with E-state index in [4.69, 9.17) is 0 Å². The standard InChI is InChI=1S/C19H17NO4S/c1-2-12-6-8-13(9-7-12)10-16-18(23)20(19(24)25-16)11-14-4-3-5-15(21)17(14)22/h3-10,21-22H,2,11H2,1H3. The van der Waals surface area contributed by atoms with Crippen molar-refractivity contribution >= 4 is 29.0 Å². The van der Waals surface area contributed by atoms with Crippen molar-refractivity contribution in [3.05, 3.63) is 64.1 Å². The lowest BCUT2D eigenvalue weighted by molar-refractivity contribution is -0.123. The first-order valence-electron chi connectivity index (χ1n) is 7.83. The van der Waals surface area contributed by atoms with E-state index < -0.39 is 11.1 Å². The summed E-state index contributed by atoms with van der Waals surface area (Å²) in [6.45, 7) is 1.98. The van der Waals surface area contributed by atoms with Gasteiger partial charge >= 0.3 is 0 Å². The molecule has 0 unspecified atom stereocenters. The molecule has 1 heterocycles. The van der Waals surface area contributed by atoms with Crippen LogP contribution in [0.1, 0.15) is 23.6 Å². The van der Waals surface area contributed by atoms with Crippen molar-refractivity contribution in [2.24, 2.45) is 0 Å². The molecular formula is C19H17NO4S. The summed E-state index contributed by atoms with van der Waals surface area (Å²) in [5.41, 5.74) is 2.36. The monoisotopic (exact) mass is 355 g/mol. The Labute approximate surface area is 149 Å². The molecule has 128 valence electrons. The van der Waals surface area contributed by atoms with Gasteiger partial charge in [0.1, 0.15) is 0 Å². The van der Waals surface area contributed by atoms with Crippen molar-refractivity contribution in [2.75, 3.05) is 0 Å². The molecule has 3 rings (SSSR count). The fourth-order valence-electron chi connectivity index (χ4n) is 2.51. The van der Waals surface area contributed by atoms with Crippen molar-refractivity contribution < 1.29 is 19.8 Å². The Morgan fingerprint density at radius 1 is 1.08 bits per heavy atom. The first-order chi connectivity index (χ1) is 12.0. The quantitative estimate of drug-likeness (QED) is 0.642. The van der Waals surface area contributed by atoms with Crippen molar-refractivity contribution in [3.8, 4) is 11.5 Å². The largest absolute Gasteiger partial charge is 0.504 e. The molecule has 25 heavy (non-hydrogen) atoms. The summed E-state index contributed by atoms with van der Waals surface area (Å²) in [7, 11) is 0. The SMILES string of the molecule is CCc1ccc(C=C2SC(=O)N(Cc3cccc(O)c3O)C2=O)cc1. The number of hydrogen-bond donors (Lipinski definition) is 2. The Hall–Kier alpha value is -2.73. The third-order valence-electron chi connectivity index (χ3n) is 3.99. The molecule has 2 aromatic rings. The summed E-state index contributed by atoms with van der Waals surface area (Å²) in [6, 6.07) is 12.2. The van der Waals surface area contributed by atoms with Crippen LogP contribution in [0, 0.1) is 0 Å².